The maximum Gasteiger partial charge on any atom is 0.416 e. The third kappa shape index (κ3) is 10.1. The van der Waals surface area contributed by atoms with Gasteiger partial charge in [0.2, 0.25) is 5.91 Å². The van der Waals surface area contributed by atoms with E-state index in [1.54, 1.807) is 35.2 Å². The van der Waals surface area contributed by atoms with Gasteiger partial charge in [-0.05, 0) is 111 Å². The second-order valence-corrected chi connectivity index (χ2v) is 14.7. The van der Waals surface area contributed by atoms with Gasteiger partial charge in [-0.1, -0.05) is 30.3 Å². The number of hydrogen-bond acceptors (Lipinski definition) is 6. The summed E-state index contributed by atoms with van der Waals surface area (Å²) in [6, 6.07) is 18.4. The lowest BCUT2D eigenvalue weighted by molar-refractivity contribution is -0.143. The first-order valence-corrected chi connectivity index (χ1v) is 18.5. The van der Waals surface area contributed by atoms with Crippen LogP contribution in [0.1, 0.15) is 84.2 Å². The van der Waals surface area contributed by atoms with Gasteiger partial charge in [0.15, 0.2) is 0 Å². The van der Waals surface area contributed by atoms with E-state index >= 15 is 0 Å². The molecule has 58 heavy (non-hydrogen) atoms. The molecule has 3 N–H and O–H groups in total. The first kappa shape index (κ1) is 41.7. The van der Waals surface area contributed by atoms with Crippen molar-refractivity contribution in [2.45, 2.75) is 56.7 Å². The number of anilines is 1. The Kier molecular flexibility index (Phi) is 12.2. The Morgan fingerprint density at radius 1 is 0.845 bits per heavy atom. The molecule has 4 amide bonds. The maximum absolute atomic E-state index is 14.4. The molecule has 0 bridgehead atoms. The minimum atomic E-state index is -5.15. The third-order valence-corrected chi connectivity index (χ3v) is 9.91. The summed E-state index contributed by atoms with van der Waals surface area (Å²) in [5.41, 5.74) is 3.80. The van der Waals surface area contributed by atoms with Crippen LogP contribution in [-0.2, 0) is 30.1 Å². The molecule has 4 aromatic carbocycles. The summed E-state index contributed by atoms with van der Waals surface area (Å²) in [4.78, 5) is 57.5. The van der Waals surface area contributed by atoms with Gasteiger partial charge >= 0.3 is 12.4 Å². The van der Waals surface area contributed by atoms with E-state index in [0.29, 0.717) is 47.6 Å². The van der Waals surface area contributed by atoms with Crippen LogP contribution in [0.15, 0.2) is 84.9 Å². The van der Waals surface area contributed by atoms with Gasteiger partial charge in [0.05, 0.1) is 30.3 Å². The average molecular weight is 810 g/mol. The van der Waals surface area contributed by atoms with Gasteiger partial charge in [0, 0.05) is 41.5 Å². The molecular formula is C42H41F6N5O5. The summed E-state index contributed by atoms with van der Waals surface area (Å²) in [7, 11) is 3.95. The van der Waals surface area contributed by atoms with Crippen molar-refractivity contribution in [1.82, 2.24) is 14.7 Å². The van der Waals surface area contributed by atoms with Crippen LogP contribution in [0.4, 0.5) is 32.0 Å². The smallest absolute Gasteiger partial charge is 0.416 e. The molecule has 1 saturated carbocycles. The van der Waals surface area contributed by atoms with Crippen LogP contribution >= 0.6 is 0 Å². The molecule has 0 aromatic heterocycles. The second kappa shape index (κ2) is 16.9. The van der Waals surface area contributed by atoms with Crippen molar-refractivity contribution in [3.8, 4) is 5.75 Å². The lowest BCUT2D eigenvalue weighted by Gasteiger charge is -2.37. The number of carbonyl (C=O) groups excluding carboxylic acids is 4. The molecule has 4 aromatic rings. The number of carbonyl (C=O) groups is 4. The van der Waals surface area contributed by atoms with Crippen molar-refractivity contribution in [3.63, 3.8) is 0 Å². The number of nitrogens with one attached hydrogen (secondary N) is 1. The zero-order valence-electron chi connectivity index (χ0n) is 31.6. The number of ether oxygens (including phenoxy) is 1. The van der Waals surface area contributed by atoms with Crippen LogP contribution in [0, 0.1) is 0 Å². The van der Waals surface area contributed by atoms with Gasteiger partial charge in [-0.15, -0.1) is 0 Å². The number of nitrogens with two attached hydrogens (primary N) is 1. The number of halogens is 6. The summed E-state index contributed by atoms with van der Waals surface area (Å²) < 4.78 is 86.8. The highest BCUT2D eigenvalue weighted by molar-refractivity contribution is 6.06. The monoisotopic (exact) mass is 809 g/mol. The topological polar surface area (TPSA) is 125 Å². The quantitative estimate of drug-likeness (QED) is 0.102. The number of rotatable bonds is 14. The zero-order valence-corrected chi connectivity index (χ0v) is 31.6. The van der Waals surface area contributed by atoms with Gasteiger partial charge < -0.3 is 30.5 Å². The maximum atomic E-state index is 14.4. The Morgan fingerprint density at radius 3 is 2.05 bits per heavy atom. The van der Waals surface area contributed by atoms with E-state index in [9.17, 15) is 45.5 Å². The Hall–Kier alpha value is -5.90. The molecule has 0 saturated heterocycles. The number of nitrogens with zero attached hydrogens (tertiary/aromatic N) is 3. The Bertz CT molecular complexity index is 2140. The SMILES string of the molecule is CN(C)CCCOc1ccc(C2Cc3ccc(NC(=O)c4cc(C(F)(F)F)cc(C(F)(F)F)c4)cc3C(=O)N2Cc2ccc(C(=O)N(CC(N)=O)C3CC3)cc2)cc1. The van der Waals surface area contributed by atoms with Crippen molar-refractivity contribution < 1.29 is 50.3 Å². The van der Waals surface area contributed by atoms with Crippen molar-refractivity contribution >= 4 is 29.3 Å². The fraction of sp³-hybridized carbons (Fsp3) is 0.333. The molecule has 1 atom stereocenters. The summed E-state index contributed by atoms with van der Waals surface area (Å²) in [5.74, 6) is -2.00. The number of amides is 4. The van der Waals surface area contributed by atoms with Gasteiger partial charge in [-0.3, -0.25) is 19.2 Å². The van der Waals surface area contributed by atoms with Crippen molar-refractivity contribution in [3.05, 3.63) is 129 Å². The standard InChI is InChI=1S/C42H41F6N5O5/c1-51(2)16-3-17-58-34-14-9-26(10-15-34)36-20-28-8-11-32(50-38(55)29-18-30(41(43,44)45)21-31(19-29)42(46,47)48)22-35(28)40(57)53(36)23-25-4-6-27(7-5-25)39(56)52(24-37(49)54)33-12-13-33/h4-11,14-15,18-19,21-22,33,36H,3,12-13,16-17,20,23-24H2,1-2H3,(H2,49,54)(H,50,55). The molecule has 1 fully saturated rings. The van der Waals surface area contributed by atoms with E-state index < -0.39 is 52.8 Å². The predicted molar refractivity (Wildman–Crippen MR) is 202 cm³/mol. The first-order chi connectivity index (χ1) is 27.4. The molecule has 1 aliphatic heterocycles. The largest absolute Gasteiger partial charge is 0.494 e. The van der Waals surface area contributed by atoms with E-state index in [-0.39, 0.29) is 42.4 Å². The highest BCUT2D eigenvalue weighted by Crippen LogP contribution is 2.38. The van der Waals surface area contributed by atoms with E-state index in [4.69, 9.17) is 10.5 Å². The molecule has 16 heteroatoms. The van der Waals surface area contributed by atoms with Crippen LogP contribution in [-0.4, -0.2) is 78.2 Å². The molecular weight excluding hydrogens is 768 g/mol. The minimum absolute atomic E-state index is 0.0173. The normalized spacial score (nSPS) is 15.6. The minimum Gasteiger partial charge on any atom is -0.494 e. The van der Waals surface area contributed by atoms with Gasteiger partial charge in [0.25, 0.3) is 17.7 Å². The third-order valence-electron chi connectivity index (χ3n) is 9.91. The highest BCUT2D eigenvalue weighted by atomic mass is 19.4. The number of primary amides is 1. The fourth-order valence-corrected chi connectivity index (χ4v) is 6.81. The lowest BCUT2D eigenvalue weighted by Crippen LogP contribution is -2.40. The van der Waals surface area contributed by atoms with Gasteiger partial charge in [-0.25, -0.2) is 0 Å². The average Bonchev–Trinajstić information content (AvgIpc) is 4.02. The Morgan fingerprint density at radius 2 is 1.48 bits per heavy atom. The van der Waals surface area contributed by atoms with Gasteiger partial charge in [0.1, 0.15) is 5.75 Å². The van der Waals surface area contributed by atoms with E-state index in [1.165, 1.54) is 17.0 Å². The lowest BCUT2D eigenvalue weighted by atomic mass is 9.88. The Balaban J connectivity index is 1.27. The van der Waals surface area contributed by atoms with Crippen LogP contribution in [0.2, 0.25) is 0 Å². The molecule has 6 rings (SSSR count). The first-order valence-electron chi connectivity index (χ1n) is 18.5. The molecule has 1 heterocycles. The molecule has 0 spiro atoms. The Labute approximate surface area is 330 Å². The van der Waals surface area contributed by atoms with Crippen LogP contribution in [0.5, 0.6) is 5.75 Å². The second-order valence-electron chi connectivity index (χ2n) is 14.7. The molecule has 306 valence electrons. The van der Waals surface area contributed by atoms with E-state index in [0.717, 1.165) is 31.4 Å². The van der Waals surface area contributed by atoms with Crippen LogP contribution < -0.4 is 15.8 Å². The zero-order chi connectivity index (χ0) is 41.9. The van der Waals surface area contributed by atoms with Crippen molar-refractivity contribution in [1.29, 1.82) is 0 Å². The number of alkyl halides is 6. The predicted octanol–water partition coefficient (Wildman–Crippen LogP) is 7.34. The fourth-order valence-electron chi connectivity index (χ4n) is 6.81. The van der Waals surface area contributed by atoms with Crippen LogP contribution in [0.25, 0.3) is 0 Å². The summed E-state index contributed by atoms with van der Waals surface area (Å²) in [6.07, 6.45) is -7.61. The molecule has 10 nitrogen and oxygen atoms in total. The number of fused-ring (bicyclic) bond motifs is 1. The molecule has 1 unspecified atom stereocenters. The molecule has 1 aliphatic carbocycles. The number of benzene rings is 4. The van der Waals surface area contributed by atoms with Crippen molar-refractivity contribution in [2.75, 3.05) is 39.1 Å². The van der Waals surface area contributed by atoms with E-state index in [2.05, 4.69) is 10.2 Å². The summed E-state index contributed by atoms with van der Waals surface area (Å²) >= 11 is 0. The number of hydrogen-bond donors (Lipinski definition) is 2. The van der Waals surface area contributed by atoms with E-state index in [1.807, 2.05) is 38.4 Å². The molecule has 2 aliphatic rings. The van der Waals surface area contributed by atoms with Crippen molar-refractivity contribution in [2.24, 2.45) is 5.73 Å². The summed E-state index contributed by atoms with van der Waals surface area (Å²) in [5, 5.41) is 2.35. The highest BCUT2D eigenvalue weighted by Gasteiger charge is 2.38. The van der Waals surface area contributed by atoms with Crippen LogP contribution in [0.3, 0.4) is 0 Å². The molecule has 0 radical (unpaired) electrons. The summed E-state index contributed by atoms with van der Waals surface area (Å²) in [6.45, 7) is 1.24. The van der Waals surface area contributed by atoms with Gasteiger partial charge in [-0.2, -0.15) is 26.3 Å².